The van der Waals surface area contributed by atoms with E-state index in [1.807, 2.05) is 0 Å². The second-order valence-electron chi connectivity index (χ2n) is 3.66. The average Bonchev–Trinajstić information content (AvgIpc) is 2.08. The van der Waals surface area contributed by atoms with Crippen molar-refractivity contribution in [3.05, 3.63) is 0 Å². The minimum absolute atomic E-state index is 0.295. The molecule has 1 heterocycles. The summed E-state index contributed by atoms with van der Waals surface area (Å²) in [5.41, 5.74) is 3.17. The van der Waals surface area contributed by atoms with Crippen molar-refractivity contribution in [2.45, 2.75) is 33.3 Å². The van der Waals surface area contributed by atoms with Crippen LogP contribution >= 0.6 is 0 Å². The summed E-state index contributed by atoms with van der Waals surface area (Å²) in [6.45, 7) is 7.60. The van der Waals surface area contributed by atoms with E-state index in [0.717, 1.165) is 13.0 Å². The van der Waals surface area contributed by atoms with Crippen LogP contribution in [-0.4, -0.2) is 12.6 Å². The SMILES string of the molecule is CC(C)(C)C1CCNO1. The predicted molar refractivity (Wildman–Crippen MR) is 36.9 cm³/mol. The Labute approximate surface area is 56.5 Å². The number of rotatable bonds is 0. The minimum Gasteiger partial charge on any atom is -0.298 e. The van der Waals surface area contributed by atoms with E-state index in [9.17, 15) is 0 Å². The van der Waals surface area contributed by atoms with E-state index in [1.165, 1.54) is 0 Å². The van der Waals surface area contributed by atoms with Crippen LogP contribution in [0.15, 0.2) is 0 Å². The Morgan fingerprint density at radius 2 is 2.11 bits per heavy atom. The Morgan fingerprint density at radius 1 is 1.44 bits per heavy atom. The number of hydroxylamine groups is 1. The maximum Gasteiger partial charge on any atom is 0.0851 e. The molecule has 0 spiro atoms. The van der Waals surface area contributed by atoms with E-state index in [2.05, 4.69) is 26.3 Å². The summed E-state index contributed by atoms with van der Waals surface area (Å²) in [7, 11) is 0. The van der Waals surface area contributed by atoms with Crippen LogP contribution in [0.25, 0.3) is 0 Å². The molecule has 0 radical (unpaired) electrons. The molecule has 0 aliphatic carbocycles. The Hall–Kier alpha value is -0.0800. The molecule has 1 N–H and O–H groups in total. The van der Waals surface area contributed by atoms with Crippen LogP contribution in [0, 0.1) is 5.41 Å². The smallest absolute Gasteiger partial charge is 0.0851 e. The van der Waals surface area contributed by atoms with Gasteiger partial charge < -0.3 is 0 Å². The van der Waals surface area contributed by atoms with E-state index in [-0.39, 0.29) is 0 Å². The normalized spacial score (nSPS) is 29.0. The van der Waals surface area contributed by atoms with Gasteiger partial charge in [0, 0.05) is 6.54 Å². The summed E-state index contributed by atoms with van der Waals surface area (Å²) < 4.78 is 0. The van der Waals surface area contributed by atoms with Gasteiger partial charge in [-0.2, -0.15) is 0 Å². The molecule has 0 aromatic heterocycles. The number of hydrogen-bond acceptors (Lipinski definition) is 2. The molecule has 1 aliphatic rings. The van der Waals surface area contributed by atoms with Crippen LogP contribution < -0.4 is 5.48 Å². The molecule has 1 aliphatic heterocycles. The third-order valence-electron chi connectivity index (χ3n) is 1.70. The van der Waals surface area contributed by atoms with Crippen LogP contribution in [-0.2, 0) is 4.84 Å². The van der Waals surface area contributed by atoms with Crippen molar-refractivity contribution in [1.82, 2.24) is 5.48 Å². The number of nitrogens with one attached hydrogen (secondary N) is 1. The van der Waals surface area contributed by atoms with Crippen molar-refractivity contribution in [3.8, 4) is 0 Å². The standard InChI is InChI=1S/C7H15NO/c1-7(2,3)6-4-5-8-9-6/h6,8H,4-5H2,1-3H3. The molecule has 1 atom stereocenters. The summed E-state index contributed by atoms with van der Waals surface area (Å²) >= 11 is 0. The van der Waals surface area contributed by atoms with Crippen LogP contribution in [0.3, 0.4) is 0 Å². The minimum atomic E-state index is 0.295. The fourth-order valence-corrected chi connectivity index (χ4v) is 1.02. The second-order valence-corrected chi connectivity index (χ2v) is 3.66. The fraction of sp³-hybridized carbons (Fsp3) is 1.00. The summed E-state index contributed by atoms with van der Waals surface area (Å²) in [4.78, 5) is 5.27. The van der Waals surface area contributed by atoms with Crippen LogP contribution in [0.4, 0.5) is 0 Å². The quantitative estimate of drug-likeness (QED) is 0.532. The molecule has 1 fully saturated rings. The van der Waals surface area contributed by atoms with Gasteiger partial charge in [-0.05, 0) is 11.8 Å². The molecule has 0 aromatic rings. The van der Waals surface area contributed by atoms with Crippen molar-refractivity contribution >= 4 is 0 Å². The Balaban J connectivity index is 2.42. The van der Waals surface area contributed by atoms with Gasteiger partial charge in [-0.25, -0.2) is 5.48 Å². The topological polar surface area (TPSA) is 21.3 Å². The first-order chi connectivity index (χ1) is 4.11. The molecule has 0 saturated carbocycles. The molecule has 0 amide bonds. The van der Waals surface area contributed by atoms with Crippen LogP contribution in [0.2, 0.25) is 0 Å². The van der Waals surface area contributed by atoms with Crippen molar-refractivity contribution in [1.29, 1.82) is 0 Å². The fourth-order valence-electron chi connectivity index (χ4n) is 1.02. The maximum atomic E-state index is 5.27. The Kier molecular flexibility index (Phi) is 1.78. The van der Waals surface area contributed by atoms with Gasteiger partial charge >= 0.3 is 0 Å². The molecule has 54 valence electrons. The summed E-state index contributed by atoms with van der Waals surface area (Å²) in [5, 5.41) is 0. The lowest BCUT2D eigenvalue weighted by Crippen LogP contribution is -2.26. The first kappa shape index (κ1) is 7.03. The lowest BCUT2D eigenvalue weighted by molar-refractivity contribution is -0.0257. The average molecular weight is 129 g/mol. The molecule has 1 saturated heterocycles. The highest BCUT2D eigenvalue weighted by Crippen LogP contribution is 2.25. The third-order valence-corrected chi connectivity index (χ3v) is 1.70. The number of hydrogen-bond donors (Lipinski definition) is 1. The molecular weight excluding hydrogens is 114 g/mol. The van der Waals surface area contributed by atoms with Crippen LogP contribution in [0.5, 0.6) is 0 Å². The van der Waals surface area contributed by atoms with E-state index >= 15 is 0 Å². The lowest BCUT2D eigenvalue weighted by atomic mass is 9.88. The van der Waals surface area contributed by atoms with E-state index in [1.54, 1.807) is 0 Å². The largest absolute Gasteiger partial charge is 0.298 e. The third kappa shape index (κ3) is 1.66. The zero-order valence-electron chi connectivity index (χ0n) is 6.40. The van der Waals surface area contributed by atoms with Crippen LogP contribution in [0.1, 0.15) is 27.2 Å². The first-order valence-electron chi connectivity index (χ1n) is 3.49. The second kappa shape index (κ2) is 2.27. The zero-order valence-corrected chi connectivity index (χ0v) is 6.40. The van der Waals surface area contributed by atoms with Crippen molar-refractivity contribution in [2.24, 2.45) is 5.41 Å². The highest BCUT2D eigenvalue weighted by Gasteiger charge is 2.28. The first-order valence-corrected chi connectivity index (χ1v) is 3.49. The van der Waals surface area contributed by atoms with Gasteiger partial charge in [-0.3, -0.25) is 4.84 Å². The van der Waals surface area contributed by atoms with Gasteiger partial charge in [-0.1, -0.05) is 20.8 Å². The van der Waals surface area contributed by atoms with Gasteiger partial charge in [0.25, 0.3) is 0 Å². The molecule has 1 rings (SSSR count). The van der Waals surface area contributed by atoms with Gasteiger partial charge in [-0.15, -0.1) is 0 Å². The molecule has 2 heteroatoms. The maximum absolute atomic E-state index is 5.27. The molecular formula is C7H15NO. The van der Waals surface area contributed by atoms with Gasteiger partial charge in [0.15, 0.2) is 0 Å². The molecule has 1 unspecified atom stereocenters. The highest BCUT2D eigenvalue weighted by molar-refractivity contribution is 4.76. The molecule has 2 nitrogen and oxygen atoms in total. The van der Waals surface area contributed by atoms with Crippen molar-refractivity contribution in [2.75, 3.05) is 6.54 Å². The van der Waals surface area contributed by atoms with Gasteiger partial charge in [0.05, 0.1) is 6.10 Å². The van der Waals surface area contributed by atoms with E-state index in [4.69, 9.17) is 4.84 Å². The monoisotopic (exact) mass is 129 g/mol. The lowest BCUT2D eigenvalue weighted by Gasteiger charge is -2.24. The van der Waals surface area contributed by atoms with Gasteiger partial charge in [0.1, 0.15) is 0 Å². The summed E-state index contributed by atoms with van der Waals surface area (Å²) in [5.74, 6) is 0. The van der Waals surface area contributed by atoms with Crippen molar-refractivity contribution < 1.29 is 4.84 Å². The van der Waals surface area contributed by atoms with E-state index in [0.29, 0.717) is 11.5 Å². The molecule has 0 aromatic carbocycles. The summed E-state index contributed by atoms with van der Waals surface area (Å²) in [6.07, 6.45) is 1.54. The Bertz CT molecular complexity index is 89.6. The van der Waals surface area contributed by atoms with E-state index < -0.39 is 0 Å². The zero-order chi connectivity index (χ0) is 6.91. The molecule has 0 bridgehead atoms. The van der Waals surface area contributed by atoms with Gasteiger partial charge in [0.2, 0.25) is 0 Å². The van der Waals surface area contributed by atoms with Crippen molar-refractivity contribution in [3.63, 3.8) is 0 Å². The molecule has 9 heavy (non-hydrogen) atoms. The predicted octanol–water partition coefficient (Wildman–Crippen LogP) is 1.33. The summed E-state index contributed by atoms with van der Waals surface area (Å²) in [6, 6.07) is 0. The Morgan fingerprint density at radius 3 is 2.33 bits per heavy atom. The highest BCUT2D eigenvalue weighted by atomic mass is 16.7.